The van der Waals surface area contributed by atoms with Crippen LogP contribution in [0.2, 0.25) is 0 Å². The molecule has 0 fully saturated rings. The highest BCUT2D eigenvalue weighted by molar-refractivity contribution is 7.99. The van der Waals surface area contributed by atoms with E-state index in [9.17, 15) is 11.1 Å². The summed E-state index contributed by atoms with van der Waals surface area (Å²) in [5, 5.41) is 20.1. The molecule has 2 N–H and O–H groups in total. The molecule has 0 aliphatic carbocycles. The van der Waals surface area contributed by atoms with Gasteiger partial charge in [-0.05, 0) is 75.8 Å². The Labute approximate surface area is 310 Å². The summed E-state index contributed by atoms with van der Waals surface area (Å²) in [6, 6.07) is 39.5. The van der Waals surface area contributed by atoms with Crippen LogP contribution in [0, 0.1) is 0 Å². The average molecular weight is 725 g/mol. The van der Waals surface area contributed by atoms with Gasteiger partial charge in [0.15, 0.2) is 11.6 Å². The van der Waals surface area contributed by atoms with Crippen LogP contribution in [0.4, 0.5) is 5.69 Å². The van der Waals surface area contributed by atoms with Crippen LogP contribution in [0.3, 0.4) is 0 Å². The lowest BCUT2D eigenvalue weighted by Gasteiger charge is -2.32. The van der Waals surface area contributed by atoms with Crippen LogP contribution in [-0.4, -0.2) is 35.7 Å². The lowest BCUT2D eigenvalue weighted by atomic mass is 9.80. The van der Waals surface area contributed by atoms with E-state index in [-0.39, 0.29) is 32.0 Å². The number of aliphatic hydroxyl groups is 1. The zero-order valence-corrected chi connectivity index (χ0v) is 29.5. The van der Waals surface area contributed by atoms with Crippen LogP contribution in [0.5, 0.6) is 5.75 Å². The van der Waals surface area contributed by atoms with Gasteiger partial charge >= 0.3 is 0 Å². The highest BCUT2D eigenvalue weighted by atomic mass is 32.2. The summed E-state index contributed by atoms with van der Waals surface area (Å²) in [5.41, 5.74) is 20.8. The molecule has 1 aliphatic rings. The molecule has 0 unspecified atom stereocenters. The summed E-state index contributed by atoms with van der Waals surface area (Å²) in [7, 11) is 0. The van der Waals surface area contributed by atoms with E-state index < -0.39 is 17.6 Å². The summed E-state index contributed by atoms with van der Waals surface area (Å²) in [6.45, 7) is 0.610. The van der Waals surface area contributed by atoms with Crippen molar-refractivity contribution in [3.8, 4) is 5.75 Å². The summed E-state index contributed by atoms with van der Waals surface area (Å²) >= 11 is 1.61. The van der Waals surface area contributed by atoms with E-state index in [0.29, 0.717) is 46.7 Å². The molecule has 0 saturated carbocycles. The minimum atomic E-state index is -1.61. The fourth-order valence-electron chi connectivity index (χ4n) is 6.09. The average Bonchev–Trinajstić information content (AvgIpc) is 3.58. The lowest BCUT2D eigenvalue weighted by Crippen LogP contribution is -2.50. The van der Waals surface area contributed by atoms with Crippen molar-refractivity contribution in [1.82, 2.24) is 5.32 Å². The first kappa shape index (κ1) is 36.6. The molecule has 0 spiro atoms. The normalized spacial score (nSPS) is 16.0. The second-order valence-corrected chi connectivity index (χ2v) is 13.2. The number of carbonyl (C=O) groups is 1. The highest BCUT2D eigenvalue weighted by Crippen LogP contribution is 2.45. The number of azide groups is 2. The first-order valence-corrected chi connectivity index (χ1v) is 17.8. The van der Waals surface area contributed by atoms with Crippen molar-refractivity contribution in [3.05, 3.63) is 176 Å². The monoisotopic (exact) mass is 724 g/mol. The minimum absolute atomic E-state index is 0.0147. The van der Waals surface area contributed by atoms with Gasteiger partial charge in [-0.15, -0.1) is 0 Å². The first-order valence-electron chi connectivity index (χ1n) is 17.0. The van der Waals surface area contributed by atoms with Gasteiger partial charge in [0.1, 0.15) is 5.75 Å². The van der Waals surface area contributed by atoms with Gasteiger partial charge in [0.25, 0.3) is 5.91 Å². The van der Waals surface area contributed by atoms with Gasteiger partial charge in [-0.2, -0.15) is 0 Å². The van der Waals surface area contributed by atoms with E-state index in [4.69, 9.17) is 19.6 Å². The first-order chi connectivity index (χ1) is 26.0. The predicted octanol–water partition coefficient (Wildman–Crippen LogP) is 9.17. The number of benzene rings is 5. The maximum atomic E-state index is 15.0. The molecule has 2 atom stereocenters. The Hall–Kier alpha value is -6.23. The topological polar surface area (TPSA) is 178 Å². The summed E-state index contributed by atoms with van der Waals surface area (Å²) in [5.74, 6) is 0.429. The molecule has 266 valence electrons. The van der Waals surface area contributed by atoms with Crippen LogP contribution in [0.1, 0.15) is 40.3 Å². The highest BCUT2D eigenvalue weighted by Gasteiger charge is 2.54. The second kappa shape index (κ2) is 17.8. The number of amides is 1. The molecular formula is C40H36N8O4S. The number of hydrogen-bond donors (Lipinski definition) is 2. The van der Waals surface area contributed by atoms with Gasteiger partial charge in [0.05, 0.1) is 13.2 Å². The third-order valence-corrected chi connectivity index (χ3v) is 9.78. The van der Waals surface area contributed by atoms with Gasteiger partial charge in [-0.1, -0.05) is 107 Å². The van der Waals surface area contributed by atoms with E-state index in [1.54, 1.807) is 54.2 Å². The van der Waals surface area contributed by atoms with Crippen LogP contribution in [0.25, 0.3) is 20.9 Å². The van der Waals surface area contributed by atoms with E-state index in [1.807, 2.05) is 84.9 Å². The quantitative estimate of drug-likeness (QED) is 0.0445. The van der Waals surface area contributed by atoms with Gasteiger partial charge in [0.2, 0.25) is 5.90 Å². The van der Waals surface area contributed by atoms with Crippen LogP contribution >= 0.6 is 11.8 Å². The van der Waals surface area contributed by atoms with Crippen LogP contribution in [-0.2, 0) is 29.0 Å². The lowest BCUT2D eigenvalue weighted by molar-refractivity contribution is -0.129. The molecular weight excluding hydrogens is 689 g/mol. The Bertz CT molecular complexity index is 2170. The second-order valence-electron chi connectivity index (χ2n) is 12.1. The van der Waals surface area contributed by atoms with Gasteiger partial charge in [-0.25, -0.2) is 4.99 Å². The Kier molecular flexibility index (Phi) is 12.3. The molecule has 53 heavy (non-hydrogen) atoms. The maximum absolute atomic E-state index is 15.0. The number of rotatable bonds is 16. The molecule has 12 nitrogen and oxygen atoms in total. The van der Waals surface area contributed by atoms with Crippen LogP contribution in [0.15, 0.2) is 152 Å². The van der Waals surface area contributed by atoms with Crippen molar-refractivity contribution in [1.29, 1.82) is 0 Å². The van der Waals surface area contributed by atoms with Gasteiger partial charge in [0, 0.05) is 56.9 Å². The van der Waals surface area contributed by atoms with Crippen LogP contribution < -0.4 is 10.1 Å². The Morgan fingerprint density at radius 1 is 0.868 bits per heavy atom. The molecule has 0 radical (unpaired) electrons. The van der Waals surface area contributed by atoms with E-state index in [1.165, 1.54) is 0 Å². The predicted molar refractivity (Wildman–Crippen MR) is 204 cm³/mol. The third-order valence-electron chi connectivity index (χ3n) is 8.66. The molecule has 0 bridgehead atoms. The van der Waals surface area contributed by atoms with Crippen molar-refractivity contribution >= 4 is 29.3 Å². The third kappa shape index (κ3) is 8.81. The Balaban J connectivity index is 1.45. The molecule has 1 heterocycles. The number of ether oxygens (including phenoxy) is 2. The number of aliphatic hydroxyl groups excluding tert-OH is 1. The zero-order chi connectivity index (χ0) is 36.9. The standard InChI is InChI=1S/C40H36N8O4S/c41-47-44-27-30-12-4-7-16-34(30)37-40(25-29-11-5-8-17-35(29)46-48-42,45-38(52-37)28-19-21-32(22-20-28)51-24-10-23-49)39(50)43-26-31-13-6-9-18-36(31)53-33-14-2-1-3-15-33/h1-9,11-22,37,49H,10,23-27H2,(H,43,50)/t37-,40-/m1/s1. The number of aliphatic imine (C=N–C) groups is 1. The van der Waals surface area contributed by atoms with Crippen molar-refractivity contribution in [2.75, 3.05) is 13.2 Å². The van der Waals surface area contributed by atoms with Crippen molar-refractivity contribution in [2.45, 2.75) is 47.4 Å². The molecule has 1 amide bonds. The number of nitrogens with zero attached hydrogens (tertiary/aromatic N) is 7. The van der Waals surface area contributed by atoms with Gasteiger partial charge in [-0.3, -0.25) is 4.79 Å². The molecule has 13 heteroatoms. The smallest absolute Gasteiger partial charge is 0.252 e. The van der Waals surface area contributed by atoms with E-state index >= 15 is 4.79 Å². The van der Waals surface area contributed by atoms with Crippen molar-refractivity contribution in [3.63, 3.8) is 0 Å². The Morgan fingerprint density at radius 2 is 1.57 bits per heavy atom. The summed E-state index contributed by atoms with van der Waals surface area (Å²) in [6.07, 6.45) is -0.462. The minimum Gasteiger partial charge on any atom is -0.494 e. The fourth-order valence-corrected chi connectivity index (χ4v) is 7.06. The zero-order valence-electron chi connectivity index (χ0n) is 28.7. The van der Waals surface area contributed by atoms with E-state index in [2.05, 4.69) is 25.4 Å². The Morgan fingerprint density at radius 3 is 2.32 bits per heavy atom. The number of nitrogens with one attached hydrogen (secondary N) is 1. The maximum Gasteiger partial charge on any atom is 0.252 e. The molecule has 5 aromatic rings. The van der Waals surface area contributed by atoms with Gasteiger partial charge < -0.3 is 19.9 Å². The van der Waals surface area contributed by atoms with E-state index in [0.717, 1.165) is 15.4 Å². The largest absolute Gasteiger partial charge is 0.494 e. The molecule has 0 saturated heterocycles. The summed E-state index contributed by atoms with van der Waals surface area (Å²) < 4.78 is 12.5. The molecule has 6 rings (SSSR count). The SMILES string of the molecule is [N-]=[N+]=NCc1ccccc1[C@H]1OC(c2ccc(OCCCO)cc2)=N[C@@]1(Cc1ccccc1N=[N+]=[N-])C(=O)NCc1ccccc1Sc1ccccc1. The van der Waals surface area contributed by atoms with Crippen molar-refractivity contribution < 1.29 is 19.4 Å². The molecule has 1 aliphatic heterocycles. The fraction of sp³-hybridized carbons (Fsp3) is 0.200. The number of hydrogen-bond acceptors (Lipinski definition) is 8. The molecule has 0 aromatic heterocycles. The molecule has 5 aromatic carbocycles. The number of carbonyl (C=O) groups excluding carboxylic acids is 1. The summed E-state index contributed by atoms with van der Waals surface area (Å²) in [4.78, 5) is 28.2. The van der Waals surface area contributed by atoms with Crippen molar-refractivity contribution in [2.24, 2.45) is 15.2 Å².